The summed E-state index contributed by atoms with van der Waals surface area (Å²) >= 11 is 1.76. The zero-order valence-corrected chi connectivity index (χ0v) is 38.7. The van der Waals surface area contributed by atoms with Crippen LogP contribution in [-0.4, -0.2) is 59.7 Å². The molecule has 0 spiro atoms. The highest BCUT2D eigenvalue weighted by Crippen LogP contribution is 2.38. The second-order valence-electron chi connectivity index (χ2n) is 17.2. The van der Waals surface area contributed by atoms with E-state index in [0.29, 0.717) is 65.7 Å². The van der Waals surface area contributed by atoms with Gasteiger partial charge in [0, 0.05) is 32.7 Å². The Labute approximate surface area is 385 Å². The van der Waals surface area contributed by atoms with E-state index in [0.717, 1.165) is 101 Å². The highest BCUT2D eigenvalue weighted by Gasteiger charge is 2.22. The quantitative estimate of drug-likeness (QED) is 0.0601. The second-order valence-corrected chi connectivity index (χ2v) is 17.9. The molecule has 7 aromatic rings. The lowest BCUT2D eigenvalue weighted by Gasteiger charge is -2.08. The van der Waals surface area contributed by atoms with Gasteiger partial charge < -0.3 is 24.2 Å². The highest BCUT2D eigenvalue weighted by molar-refractivity contribution is 7.07. The Morgan fingerprint density at radius 1 is 0.446 bits per heavy atom. The zero-order chi connectivity index (χ0) is 44.2. The molecule has 8 bridgehead atoms. The molecule has 12 heteroatoms. The molecular weight excluding hydrogens is 829 g/mol. The van der Waals surface area contributed by atoms with Crippen molar-refractivity contribution in [2.24, 2.45) is 0 Å². The molecular formula is C53H60N8O3S. The van der Waals surface area contributed by atoms with E-state index >= 15 is 0 Å². The normalized spacial score (nSPS) is 12.0. The van der Waals surface area contributed by atoms with Gasteiger partial charge >= 0.3 is 0 Å². The lowest BCUT2D eigenvalue weighted by atomic mass is 10.1. The molecule has 0 saturated heterocycles. The number of unbranched alkanes of at least 4 members (excludes halogenated alkanes) is 12. The molecule has 11 nitrogen and oxygen atoms in total. The van der Waals surface area contributed by atoms with Crippen molar-refractivity contribution in [3.05, 3.63) is 88.6 Å². The number of aromatic nitrogens is 8. The third kappa shape index (κ3) is 11.0. The highest BCUT2D eigenvalue weighted by atomic mass is 32.1. The molecule has 65 heavy (non-hydrogen) atoms. The molecule has 0 saturated carbocycles. The lowest BCUT2D eigenvalue weighted by molar-refractivity contribution is 0.304. The molecule has 0 radical (unpaired) electrons. The number of ether oxygens (including phenoxy) is 3. The number of hydrogen-bond donors (Lipinski definition) is 2. The summed E-state index contributed by atoms with van der Waals surface area (Å²) in [6, 6.07) is 20.5. The van der Waals surface area contributed by atoms with Crippen LogP contribution in [-0.2, 0) is 6.42 Å². The molecule has 9 rings (SSSR count). The smallest absolute Gasteiger partial charge is 0.164 e. The van der Waals surface area contributed by atoms with Gasteiger partial charge in [0.2, 0.25) is 0 Å². The minimum absolute atomic E-state index is 0.530. The van der Waals surface area contributed by atoms with E-state index in [1.54, 1.807) is 11.3 Å². The summed E-state index contributed by atoms with van der Waals surface area (Å²) in [7, 11) is 0. The van der Waals surface area contributed by atoms with E-state index in [-0.39, 0.29) is 0 Å². The van der Waals surface area contributed by atoms with E-state index < -0.39 is 0 Å². The molecule has 6 heterocycles. The van der Waals surface area contributed by atoms with Gasteiger partial charge in [0.25, 0.3) is 0 Å². The van der Waals surface area contributed by atoms with Crippen LogP contribution >= 0.6 is 11.3 Å². The van der Waals surface area contributed by atoms with Crippen molar-refractivity contribution in [3.63, 3.8) is 0 Å². The number of benzene rings is 3. The molecule has 3 aromatic carbocycles. The van der Waals surface area contributed by atoms with Gasteiger partial charge in [0.1, 0.15) is 39.8 Å². The Morgan fingerprint density at radius 2 is 0.938 bits per heavy atom. The predicted octanol–water partition coefficient (Wildman–Crippen LogP) is 14.0. The number of aromatic amines is 2. The number of nitrogens with zero attached hydrogens (tertiary/aromatic N) is 6. The van der Waals surface area contributed by atoms with Crippen LogP contribution < -0.4 is 14.2 Å². The Balaban J connectivity index is 1.09. The van der Waals surface area contributed by atoms with Gasteiger partial charge in [-0.3, -0.25) is 0 Å². The van der Waals surface area contributed by atoms with Crippen molar-refractivity contribution in [2.75, 3.05) is 19.8 Å². The summed E-state index contributed by atoms with van der Waals surface area (Å²) in [4.78, 5) is 37.5. The van der Waals surface area contributed by atoms with Crippen LogP contribution in [0.2, 0.25) is 0 Å². The molecule has 0 amide bonds. The molecule has 0 aliphatic carbocycles. The number of aryl methyl sites for hydroxylation is 1. The summed E-state index contributed by atoms with van der Waals surface area (Å²) in [6.07, 6.45) is 22.5. The first kappa shape index (κ1) is 44.1. The Bertz CT molecular complexity index is 2900. The van der Waals surface area contributed by atoms with Crippen LogP contribution in [0.15, 0.2) is 71.4 Å². The summed E-state index contributed by atoms with van der Waals surface area (Å²) in [5, 5.41) is 7.95. The Morgan fingerprint density at radius 3 is 1.52 bits per heavy atom. The summed E-state index contributed by atoms with van der Waals surface area (Å²) in [5.41, 5.74) is 5.65. The van der Waals surface area contributed by atoms with Crippen molar-refractivity contribution >= 4 is 67.6 Å². The Hall–Kier alpha value is -6.14. The van der Waals surface area contributed by atoms with Crippen molar-refractivity contribution in [3.8, 4) is 40.0 Å². The van der Waals surface area contributed by atoms with Crippen molar-refractivity contribution in [2.45, 2.75) is 117 Å². The largest absolute Gasteiger partial charge is 0.494 e. The van der Waals surface area contributed by atoms with Gasteiger partial charge in [-0.15, -0.1) is 0 Å². The van der Waals surface area contributed by atoms with Crippen molar-refractivity contribution in [1.82, 2.24) is 39.9 Å². The number of hydrogen-bond acceptors (Lipinski definition) is 10. The average molecular weight is 889 g/mol. The molecule has 0 atom stereocenters. The summed E-state index contributed by atoms with van der Waals surface area (Å²) in [5.74, 6) is 4.49. The zero-order valence-electron chi connectivity index (χ0n) is 37.8. The molecule has 2 aliphatic heterocycles. The first-order valence-electron chi connectivity index (χ1n) is 23.9. The fourth-order valence-electron chi connectivity index (χ4n) is 8.55. The average Bonchev–Trinajstić information content (AvgIpc) is 4.18. The monoisotopic (exact) mass is 888 g/mol. The Kier molecular flexibility index (Phi) is 14.7. The van der Waals surface area contributed by atoms with Crippen LogP contribution in [0, 0.1) is 0 Å². The van der Waals surface area contributed by atoms with Crippen molar-refractivity contribution < 1.29 is 14.2 Å². The van der Waals surface area contributed by atoms with Gasteiger partial charge in [0.05, 0.1) is 19.8 Å². The van der Waals surface area contributed by atoms with E-state index in [4.69, 9.17) is 44.1 Å². The van der Waals surface area contributed by atoms with Gasteiger partial charge in [-0.25, -0.2) is 29.9 Å². The van der Waals surface area contributed by atoms with Crippen LogP contribution in [0.25, 0.3) is 79.1 Å². The number of H-pyrrole nitrogens is 2. The SMILES string of the molecule is CCCCCCCCOc1ccc2c3nc4nc(nc5[nH]c(nc6nc(nc([nH]3)c2c1)C=C6)c1ccc(OCCCCCCCC)cc51)-c1ccc(OCCCCCc2ccsc2)cc1-4. The van der Waals surface area contributed by atoms with E-state index in [9.17, 15) is 0 Å². The maximum Gasteiger partial charge on any atom is 0.164 e. The van der Waals surface area contributed by atoms with Gasteiger partial charge in [-0.2, -0.15) is 11.3 Å². The standard InChI is InChI=1S/C53H60N8O3S/c1-3-5-7-9-11-15-28-62-37-20-23-41-43(32-37)51-56-47-26-25-46(54-47)55-48-40-22-19-38(63-29-16-12-10-8-6-4-2)33-44(40)52(57-48)60-50-42-24-21-39(34-45(42)53(61-50)59-49(41)58-51)64-30-17-13-14-18-36-27-31-65-35-36/h19-27,31-35H,3-18,28-30H2,1-2H3,(H2,54,55,56,57,58,59,60,61). The van der Waals surface area contributed by atoms with Gasteiger partial charge in [0.15, 0.2) is 23.3 Å². The maximum atomic E-state index is 6.37. The summed E-state index contributed by atoms with van der Waals surface area (Å²) in [6.45, 7) is 6.45. The third-order valence-corrected chi connectivity index (χ3v) is 12.9. The van der Waals surface area contributed by atoms with Crippen LogP contribution in [0.5, 0.6) is 17.2 Å². The predicted molar refractivity (Wildman–Crippen MR) is 266 cm³/mol. The molecule has 0 fully saturated rings. The number of rotatable bonds is 23. The molecule has 336 valence electrons. The number of fused-ring (bicyclic) bond motifs is 17. The topological polar surface area (TPSA) is 137 Å². The summed E-state index contributed by atoms with van der Waals surface area (Å²) < 4.78 is 19.0. The van der Waals surface area contributed by atoms with E-state index in [1.165, 1.54) is 56.9 Å². The minimum Gasteiger partial charge on any atom is -0.494 e. The second kappa shape index (κ2) is 21.7. The van der Waals surface area contributed by atoms with Gasteiger partial charge in [-0.1, -0.05) is 78.1 Å². The van der Waals surface area contributed by atoms with Crippen LogP contribution in [0.4, 0.5) is 0 Å². The minimum atomic E-state index is 0.530. The lowest BCUT2D eigenvalue weighted by Crippen LogP contribution is -1.98. The molecule has 0 unspecified atom stereocenters. The maximum absolute atomic E-state index is 6.37. The van der Waals surface area contributed by atoms with Gasteiger partial charge in [-0.05, 0) is 128 Å². The fourth-order valence-corrected chi connectivity index (χ4v) is 9.25. The third-order valence-electron chi connectivity index (χ3n) is 12.2. The fraction of sp³-hybridized carbons (Fsp3) is 0.396. The van der Waals surface area contributed by atoms with E-state index in [2.05, 4.69) is 52.8 Å². The first-order chi connectivity index (χ1) is 32.1. The molecule has 2 aliphatic rings. The molecule has 2 N–H and O–H groups in total. The number of nitrogens with one attached hydrogen (secondary N) is 2. The first-order valence-corrected chi connectivity index (χ1v) is 24.9. The van der Waals surface area contributed by atoms with Crippen LogP contribution in [0.3, 0.4) is 0 Å². The van der Waals surface area contributed by atoms with Crippen LogP contribution in [0.1, 0.15) is 127 Å². The van der Waals surface area contributed by atoms with Crippen molar-refractivity contribution in [1.29, 1.82) is 0 Å². The van der Waals surface area contributed by atoms with E-state index in [1.807, 2.05) is 54.6 Å². The number of thiophene rings is 1. The molecule has 4 aromatic heterocycles.